The Morgan fingerprint density at radius 2 is 1.25 bits per heavy atom. The fraction of sp³-hybridized carbons (Fsp3) is 0.333. The van der Waals surface area contributed by atoms with Gasteiger partial charge in [0, 0.05) is 12.8 Å². The summed E-state index contributed by atoms with van der Waals surface area (Å²) in [6.07, 6.45) is 12.5. The highest BCUT2D eigenvalue weighted by Gasteiger charge is 2.28. The summed E-state index contributed by atoms with van der Waals surface area (Å²) in [5.41, 5.74) is 13.9. The van der Waals surface area contributed by atoms with Crippen LogP contribution in [0, 0.1) is 0 Å². The summed E-state index contributed by atoms with van der Waals surface area (Å²) >= 11 is 12.2. The zero-order valence-electron chi connectivity index (χ0n) is 8.79. The Labute approximate surface area is 105 Å². The van der Waals surface area contributed by atoms with E-state index < -0.39 is 10.00 Å². The Morgan fingerprint density at radius 1 is 0.875 bits per heavy atom. The number of rotatable bonds is 1. The van der Waals surface area contributed by atoms with Gasteiger partial charge in [-0.3, -0.25) is 0 Å². The van der Waals surface area contributed by atoms with Gasteiger partial charge in [0.25, 0.3) is 0 Å². The van der Waals surface area contributed by atoms with Crippen LogP contribution in [0.2, 0.25) is 0 Å². The van der Waals surface area contributed by atoms with Gasteiger partial charge in [0.05, 0.1) is 0 Å². The predicted octanol–water partition coefficient (Wildman–Crippen LogP) is 2.55. The van der Waals surface area contributed by atoms with Crippen molar-refractivity contribution in [3.05, 3.63) is 47.6 Å². The molecule has 0 aromatic carbocycles. The minimum atomic E-state index is -0.796. The van der Waals surface area contributed by atoms with Crippen LogP contribution in [-0.2, 0) is 0 Å². The van der Waals surface area contributed by atoms with E-state index in [9.17, 15) is 0 Å². The molecule has 4 heteroatoms. The zero-order chi connectivity index (χ0) is 11.8. The summed E-state index contributed by atoms with van der Waals surface area (Å²) in [6.45, 7) is 0. The van der Waals surface area contributed by atoms with E-state index in [1.54, 1.807) is 12.2 Å². The van der Waals surface area contributed by atoms with E-state index in [1.165, 1.54) is 0 Å². The maximum atomic E-state index is 6.10. The van der Waals surface area contributed by atoms with E-state index >= 15 is 0 Å². The fourth-order valence-corrected chi connectivity index (χ4v) is 2.34. The second kappa shape index (κ2) is 4.04. The molecule has 0 fully saturated rings. The highest BCUT2D eigenvalue weighted by atomic mass is 35.5. The van der Waals surface area contributed by atoms with Crippen molar-refractivity contribution >= 4 is 23.2 Å². The summed E-state index contributed by atoms with van der Waals surface area (Å²) in [5, 5.41) is 0. The van der Waals surface area contributed by atoms with E-state index in [1.807, 2.05) is 24.3 Å². The van der Waals surface area contributed by atoms with Crippen LogP contribution in [0.15, 0.2) is 47.6 Å². The lowest BCUT2D eigenvalue weighted by Crippen LogP contribution is -2.35. The van der Waals surface area contributed by atoms with Crippen molar-refractivity contribution in [3.63, 3.8) is 0 Å². The highest BCUT2D eigenvalue weighted by Crippen LogP contribution is 2.35. The Hall–Kier alpha value is -0.540. The summed E-state index contributed by atoms with van der Waals surface area (Å²) < 4.78 is 0. The third-order valence-electron chi connectivity index (χ3n) is 2.68. The molecule has 2 aliphatic carbocycles. The lowest BCUT2D eigenvalue weighted by molar-refractivity contribution is 0.678. The molecule has 0 aromatic heterocycles. The van der Waals surface area contributed by atoms with Crippen LogP contribution < -0.4 is 11.5 Å². The van der Waals surface area contributed by atoms with E-state index in [4.69, 9.17) is 34.7 Å². The third kappa shape index (κ3) is 2.77. The first kappa shape index (κ1) is 11.9. The van der Waals surface area contributed by atoms with Gasteiger partial charge in [0.1, 0.15) is 10.00 Å². The molecule has 2 nitrogen and oxygen atoms in total. The van der Waals surface area contributed by atoms with Gasteiger partial charge in [-0.05, 0) is 23.3 Å². The Kier molecular flexibility index (Phi) is 3.01. The largest absolute Gasteiger partial charge is 0.309 e. The van der Waals surface area contributed by atoms with Crippen LogP contribution in [0.5, 0.6) is 0 Å². The minimum Gasteiger partial charge on any atom is -0.309 e. The van der Waals surface area contributed by atoms with E-state index in [0.717, 1.165) is 11.1 Å². The van der Waals surface area contributed by atoms with Crippen LogP contribution in [0.3, 0.4) is 0 Å². The quantitative estimate of drug-likeness (QED) is 0.560. The summed E-state index contributed by atoms with van der Waals surface area (Å²) in [7, 11) is 0. The monoisotopic (exact) mass is 256 g/mol. The standard InChI is InChI=1S/C12H14Cl2N2/c13-11(15)5-1-3-9(7-11)10-4-2-6-12(14,16)8-10/h1-6H,7-8,15-16H2/t11-,12-/m1/s1. The molecule has 0 radical (unpaired) electrons. The van der Waals surface area contributed by atoms with Crippen LogP contribution in [-0.4, -0.2) is 10.00 Å². The first-order valence-corrected chi connectivity index (χ1v) is 5.86. The molecule has 4 N–H and O–H groups in total. The van der Waals surface area contributed by atoms with Crippen molar-refractivity contribution in [1.82, 2.24) is 0 Å². The lowest BCUT2D eigenvalue weighted by Gasteiger charge is -2.28. The van der Waals surface area contributed by atoms with Gasteiger partial charge in [-0.1, -0.05) is 47.5 Å². The van der Waals surface area contributed by atoms with Gasteiger partial charge in [-0.15, -0.1) is 0 Å². The molecule has 0 aromatic rings. The molecule has 0 saturated carbocycles. The zero-order valence-corrected chi connectivity index (χ0v) is 10.3. The molecule has 2 atom stereocenters. The molecule has 0 heterocycles. The molecule has 0 amide bonds. The van der Waals surface area contributed by atoms with Gasteiger partial charge in [-0.25, -0.2) is 0 Å². The first-order valence-electron chi connectivity index (χ1n) is 5.11. The van der Waals surface area contributed by atoms with E-state index in [0.29, 0.717) is 12.8 Å². The topological polar surface area (TPSA) is 52.0 Å². The molecular formula is C12H14Cl2N2. The van der Waals surface area contributed by atoms with Gasteiger partial charge in [-0.2, -0.15) is 0 Å². The van der Waals surface area contributed by atoms with Crippen molar-refractivity contribution in [2.45, 2.75) is 22.8 Å². The van der Waals surface area contributed by atoms with Crippen LogP contribution >= 0.6 is 23.2 Å². The summed E-state index contributed by atoms with van der Waals surface area (Å²) in [6, 6.07) is 0. The summed E-state index contributed by atoms with van der Waals surface area (Å²) in [5.74, 6) is 0. The molecule has 0 aliphatic heterocycles. The maximum absolute atomic E-state index is 6.10. The number of halogens is 2. The van der Waals surface area contributed by atoms with Crippen molar-refractivity contribution in [1.29, 1.82) is 0 Å². The second-order valence-electron chi connectivity index (χ2n) is 4.31. The van der Waals surface area contributed by atoms with Crippen LogP contribution in [0.1, 0.15) is 12.8 Å². The summed E-state index contributed by atoms with van der Waals surface area (Å²) in [4.78, 5) is -1.59. The van der Waals surface area contributed by atoms with E-state index in [-0.39, 0.29) is 0 Å². The number of alkyl halides is 2. The fourth-order valence-electron chi connectivity index (χ4n) is 1.91. The number of nitrogens with two attached hydrogens (primary N) is 2. The average Bonchev–Trinajstić information content (AvgIpc) is 2.14. The minimum absolute atomic E-state index is 0.595. The van der Waals surface area contributed by atoms with Gasteiger partial charge >= 0.3 is 0 Å². The van der Waals surface area contributed by atoms with Crippen molar-refractivity contribution in [2.24, 2.45) is 11.5 Å². The number of allylic oxidation sites excluding steroid dienone is 4. The molecule has 0 spiro atoms. The molecule has 86 valence electrons. The van der Waals surface area contributed by atoms with Gasteiger partial charge in [0.2, 0.25) is 0 Å². The lowest BCUT2D eigenvalue weighted by atomic mass is 9.88. The molecule has 2 rings (SSSR count). The number of hydrogen-bond donors (Lipinski definition) is 2. The Bertz CT molecular complexity index is 375. The van der Waals surface area contributed by atoms with Crippen molar-refractivity contribution in [2.75, 3.05) is 0 Å². The Balaban J connectivity index is 2.22. The van der Waals surface area contributed by atoms with E-state index in [2.05, 4.69) is 0 Å². The molecule has 2 aliphatic rings. The highest BCUT2D eigenvalue weighted by molar-refractivity contribution is 6.25. The smallest absolute Gasteiger partial charge is 0.114 e. The molecule has 0 unspecified atom stereocenters. The van der Waals surface area contributed by atoms with Gasteiger partial charge in [0.15, 0.2) is 0 Å². The number of hydrogen-bond acceptors (Lipinski definition) is 2. The third-order valence-corrected chi connectivity index (χ3v) is 3.20. The van der Waals surface area contributed by atoms with Gasteiger partial charge < -0.3 is 11.5 Å². The van der Waals surface area contributed by atoms with Crippen LogP contribution in [0.25, 0.3) is 0 Å². The van der Waals surface area contributed by atoms with Crippen molar-refractivity contribution < 1.29 is 0 Å². The molecule has 0 saturated heterocycles. The SMILES string of the molecule is N[C@]1(Cl)C=CC=C(C2=CC=C[C@](N)(Cl)C2)C1. The first-order chi connectivity index (χ1) is 7.38. The predicted molar refractivity (Wildman–Crippen MR) is 69.2 cm³/mol. The van der Waals surface area contributed by atoms with Crippen LogP contribution in [0.4, 0.5) is 0 Å². The molecule has 16 heavy (non-hydrogen) atoms. The second-order valence-corrected chi connectivity index (χ2v) is 5.72. The maximum Gasteiger partial charge on any atom is 0.114 e. The Morgan fingerprint density at radius 3 is 1.56 bits per heavy atom. The van der Waals surface area contributed by atoms with Crippen molar-refractivity contribution in [3.8, 4) is 0 Å². The molecule has 0 bridgehead atoms. The average molecular weight is 257 g/mol. The normalized spacial score (nSPS) is 38.2. The molecular weight excluding hydrogens is 243 g/mol.